The van der Waals surface area contributed by atoms with Crippen LogP contribution < -0.4 is 11.2 Å². The number of aliphatic hydroxyl groups is 1. The molecule has 0 bridgehead atoms. The Morgan fingerprint density at radius 1 is 1.32 bits per heavy atom. The van der Waals surface area contributed by atoms with E-state index < -0.39 is 5.56 Å². The van der Waals surface area contributed by atoms with Gasteiger partial charge in [-0.2, -0.15) is 0 Å². The Labute approximate surface area is 107 Å². The third-order valence-electron chi connectivity index (χ3n) is 3.26. The molecule has 2 aromatic rings. The van der Waals surface area contributed by atoms with Gasteiger partial charge in [-0.3, -0.25) is 13.9 Å². The predicted molar refractivity (Wildman–Crippen MR) is 67.8 cm³/mol. The van der Waals surface area contributed by atoms with Crippen LogP contribution in [0.25, 0.3) is 11.2 Å². The highest BCUT2D eigenvalue weighted by Crippen LogP contribution is 2.16. The van der Waals surface area contributed by atoms with E-state index in [1.807, 2.05) is 0 Å². The molecule has 1 aliphatic rings. The molecular weight excluding hydrogens is 248 g/mol. The van der Waals surface area contributed by atoms with Crippen LogP contribution in [0.3, 0.4) is 0 Å². The van der Waals surface area contributed by atoms with Crippen LogP contribution in [0, 0.1) is 11.8 Å². The molecule has 7 heteroatoms. The topological polar surface area (TPSA) is 82.1 Å². The molecule has 0 saturated heterocycles. The van der Waals surface area contributed by atoms with Crippen LogP contribution in [0.4, 0.5) is 0 Å². The first kappa shape index (κ1) is 11.7. The van der Waals surface area contributed by atoms with Crippen molar-refractivity contribution >= 4 is 11.2 Å². The van der Waals surface area contributed by atoms with Crippen LogP contribution in [-0.4, -0.2) is 30.4 Å². The lowest BCUT2D eigenvalue weighted by Crippen LogP contribution is -2.40. The largest absolute Gasteiger partial charge is 0.384 e. The average Bonchev–Trinajstić information content (AvgIpc) is 2.80. The number of nitrogens with zero attached hydrogens (tertiary/aromatic N) is 4. The fourth-order valence-electron chi connectivity index (χ4n) is 2.39. The van der Waals surface area contributed by atoms with Crippen LogP contribution in [-0.2, 0) is 20.1 Å². The Morgan fingerprint density at radius 3 is 2.79 bits per heavy atom. The minimum Gasteiger partial charge on any atom is -0.384 e. The van der Waals surface area contributed by atoms with E-state index in [2.05, 4.69) is 16.8 Å². The van der Waals surface area contributed by atoms with Gasteiger partial charge in [0.1, 0.15) is 6.61 Å². The van der Waals surface area contributed by atoms with Gasteiger partial charge in [0.15, 0.2) is 17.0 Å². The second-order valence-electron chi connectivity index (χ2n) is 4.37. The first-order valence-electron chi connectivity index (χ1n) is 5.95. The van der Waals surface area contributed by atoms with Crippen molar-refractivity contribution in [2.24, 2.45) is 7.05 Å². The minimum atomic E-state index is -0.413. The van der Waals surface area contributed by atoms with Crippen molar-refractivity contribution in [1.82, 2.24) is 18.7 Å². The standard InChI is InChI=1S/C12H12N4O3/c1-14-11(18)9-10-15(8(13-9)4-2-7-17)5-3-6-16(10)12(14)19/h17H,3,5-7H2,1H3. The van der Waals surface area contributed by atoms with Crippen molar-refractivity contribution in [3.05, 3.63) is 26.7 Å². The van der Waals surface area contributed by atoms with E-state index in [-0.39, 0.29) is 17.8 Å². The van der Waals surface area contributed by atoms with E-state index in [1.165, 1.54) is 7.05 Å². The van der Waals surface area contributed by atoms with Gasteiger partial charge in [0, 0.05) is 20.1 Å². The fraction of sp³-hybridized carbons (Fsp3) is 0.417. The van der Waals surface area contributed by atoms with Crippen molar-refractivity contribution in [3.63, 3.8) is 0 Å². The smallest absolute Gasteiger partial charge is 0.332 e. The number of rotatable bonds is 0. The maximum atomic E-state index is 12.1. The average molecular weight is 260 g/mol. The molecule has 0 saturated carbocycles. The highest BCUT2D eigenvalue weighted by molar-refractivity contribution is 5.72. The summed E-state index contributed by atoms with van der Waals surface area (Å²) in [5.41, 5.74) is 0.0367. The molecule has 3 heterocycles. The molecule has 0 atom stereocenters. The summed E-state index contributed by atoms with van der Waals surface area (Å²) in [6.07, 6.45) is 0.782. The highest BCUT2D eigenvalue weighted by atomic mass is 16.2. The molecule has 0 unspecified atom stereocenters. The van der Waals surface area contributed by atoms with E-state index in [0.29, 0.717) is 24.6 Å². The number of aryl methyl sites for hydroxylation is 2. The summed E-state index contributed by atoms with van der Waals surface area (Å²) >= 11 is 0. The van der Waals surface area contributed by atoms with Crippen LogP contribution in [0.15, 0.2) is 9.59 Å². The lowest BCUT2D eigenvalue weighted by molar-refractivity contribution is 0.350. The quantitative estimate of drug-likeness (QED) is 0.593. The van der Waals surface area contributed by atoms with Crippen molar-refractivity contribution in [2.45, 2.75) is 19.5 Å². The van der Waals surface area contributed by atoms with Crippen LogP contribution in [0.1, 0.15) is 12.2 Å². The predicted octanol–water partition coefficient (Wildman–Crippen LogP) is -1.36. The van der Waals surface area contributed by atoms with Gasteiger partial charge in [0.2, 0.25) is 0 Å². The Hall–Kier alpha value is -2.33. The van der Waals surface area contributed by atoms with Crippen molar-refractivity contribution < 1.29 is 5.11 Å². The van der Waals surface area contributed by atoms with E-state index >= 15 is 0 Å². The highest BCUT2D eigenvalue weighted by Gasteiger charge is 2.22. The maximum absolute atomic E-state index is 12.1. The lowest BCUT2D eigenvalue weighted by Gasteiger charge is -2.17. The molecule has 0 aromatic carbocycles. The Balaban J connectivity index is 2.49. The molecule has 1 N–H and O–H groups in total. The summed E-state index contributed by atoms with van der Waals surface area (Å²) < 4.78 is 4.38. The SMILES string of the molecule is Cn1c(=O)c2nc(C#CCO)n3c2n(c1=O)CCC3. The van der Waals surface area contributed by atoms with Gasteiger partial charge in [-0.1, -0.05) is 5.92 Å². The van der Waals surface area contributed by atoms with E-state index in [0.717, 1.165) is 11.0 Å². The van der Waals surface area contributed by atoms with Crippen LogP contribution in [0.5, 0.6) is 0 Å². The number of hydrogen-bond donors (Lipinski definition) is 1. The van der Waals surface area contributed by atoms with E-state index in [4.69, 9.17) is 5.11 Å². The monoisotopic (exact) mass is 260 g/mol. The van der Waals surface area contributed by atoms with Gasteiger partial charge in [0.05, 0.1) is 0 Å². The summed E-state index contributed by atoms with van der Waals surface area (Å²) in [6.45, 7) is 0.967. The van der Waals surface area contributed by atoms with Gasteiger partial charge in [-0.05, 0) is 12.3 Å². The molecule has 0 fully saturated rings. The summed E-state index contributed by atoms with van der Waals surface area (Å²) in [7, 11) is 1.44. The zero-order valence-electron chi connectivity index (χ0n) is 10.4. The molecule has 98 valence electrons. The number of hydrogen-bond acceptors (Lipinski definition) is 4. The van der Waals surface area contributed by atoms with Crippen LogP contribution in [0.2, 0.25) is 0 Å². The van der Waals surface area contributed by atoms with E-state index in [9.17, 15) is 9.59 Å². The Morgan fingerprint density at radius 2 is 2.05 bits per heavy atom. The summed E-state index contributed by atoms with van der Waals surface area (Å²) in [6, 6.07) is 0. The van der Waals surface area contributed by atoms with Crippen molar-refractivity contribution in [3.8, 4) is 11.8 Å². The summed E-state index contributed by atoms with van der Waals surface area (Å²) in [5, 5.41) is 8.75. The number of aromatic nitrogens is 4. The maximum Gasteiger partial charge on any atom is 0.332 e. The molecule has 0 amide bonds. The van der Waals surface area contributed by atoms with Gasteiger partial charge in [-0.25, -0.2) is 9.78 Å². The Bertz CT molecular complexity index is 844. The number of aliphatic hydroxyl groups excluding tert-OH is 1. The molecule has 0 radical (unpaired) electrons. The molecule has 7 nitrogen and oxygen atoms in total. The molecule has 0 aliphatic carbocycles. The fourth-order valence-corrected chi connectivity index (χ4v) is 2.39. The first-order chi connectivity index (χ1) is 9.15. The second-order valence-corrected chi connectivity index (χ2v) is 4.37. The minimum absolute atomic E-state index is 0.254. The molecule has 1 aliphatic heterocycles. The zero-order valence-corrected chi connectivity index (χ0v) is 10.4. The molecule has 2 aromatic heterocycles. The molecule has 0 spiro atoms. The van der Waals surface area contributed by atoms with Gasteiger partial charge in [0.25, 0.3) is 5.56 Å². The third kappa shape index (κ3) is 1.54. The normalized spacial score (nSPS) is 13.4. The summed E-state index contributed by atoms with van der Waals surface area (Å²) in [4.78, 5) is 28.3. The zero-order chi connectivity index (χ0) is 13.6. The second kappa shape index (κ2) is 4.10. The van der Waals surface area contributed by atoms with Gasteiger partial charge in [-0.15, -0.1) is 0 Å². The Kier molecular flexibility index (Phi) is 2.54. The third-order valence-corrected chi connectivity index (χ3v) is 3.26. The first-order valence-corrected chi connectivity index (χ1v) is 5.95. The lowest BCUT2D eigenvalue weighted by atomic mass is 10.3. The number of imidazole rings is 1. The van der Waals surface area contributed by atoms with Gasteiger partial charge >= 0.3 is 5.69 Å². The van der Waals surface area contributed by atoms with Gasteiger partial charge < -0.3 is 9.67 Å². The molecule has 19 heavy (non-hydrogen) atoms. The van der Waals surface area contributed by atoms with Crippen molar-refractivity contribution in [1.29, 1.82) is 0 Å². The van der Waals surface area contributed by atoms with Crippen molar-refractivity contribution in [2.75, 3.05) is 6.61 Å². The molecular formula is C12H12N4O3. The van der Waals surface area contributed by atoms with Crippen LogP contribution >= 0.6 is 0 Å². The summed E-state index contributed by atoms with van der Waals surface area (Å²) in [5.74, 6) is 5.65. The van der Waals surface area contributed by atoms with E-state index in [1.54, 1.807) is 9.13 Å². The molecule has 3 rings (SSSR count).